The molecule has 1 fully saturated rings. The summed E-state index contributed by atoms with van der Waals surface area (Å²) >= 11 is 1.60. The van der Waals surface area contributed by atoms with Crippen molar-refractivity contribution in [2.45, 2.75) is 28.9 Å². The third-order valence-electron chi connectivity index (χ3n) is 3.22. The van der Waals surface area contributed by atoms with Crippen molar-refractivity contribution in [1.29, 1.82) is 0 Å². The molecule has 3 rings (SSSR count). The predicted octanol–water partition coefficient (Wildman–Crippen LogP) is 1.43. The van der Waals surface area contributed by atoms with Crippen molar-refractivity contribution in [3.63, 3.8) is 0 Å². The molecule has 0 unspecified atom stereocenters. The van der Waals surface area contributed by atoms with Gasteiger partial charge in [0.1, 0.15) is 12.1 Å². The van der Waals surface area contributed by atoms with Crippen LogP contribution >= 0.6 is 11.8 Å². The standard InChI is InChI=1S/C13H16N4O3S2/c14-22(18,19)12-5-3-11(4-6-12)20-7-8-21-13-16-15-9-17(13)10-1-2-10/h3-6,9-10H,1-2,7-8H2,(H2,14,18,19). The molecule has 2 aromatic rings. The molecule has 1 aliphatic carbocycles. The van der Waals surface area contributed by atoms with Crippen molar-refractivity contribution in [3.05, 3.63) is 30.6 Å². The number of hydrogen-bond donors (Lipinski definition) is 1. The summed E-state index contributed by atoms with van der Waals surface area (Å²) in [6.07, 6.45) is 4.16. The highest BCUT2D eigenvalue weighted by Crippen LogP contribution is 2.37. The van der Waals surface area contributed by atoms with Gasteiger partial charge in [0, 0.05) is 11.8 Å². The molecule has 1 saturated carbocycles. The van der Waals surface area contributed by atoms with Gasteiger partial charge in [-0.1, -0.05) is 11.8 Å². The van der Waals surface area contributed by atoms with E-state index in [2.05, 4.69) is 14.8 Å². The van der Waals surface area contributed by atoms with Crippen LogP contribution in [-0.4, -0.2) is 35.5 Å². The SMILES string of the molecule is NS(=O)(=O)c1ccc(OCCSc2nncn2C2CC2)cc1. The van der Waals surface area contributed by atoms with Gasteiger partial charge in [-0.3, -0.25) is 0 Å². The summed E-state index contributed by atoms with van der Waals surface area (Å²) in [6.45, 7) is 0.497. The molecule has 0 spiro atoms. The molecule has 9 heteroatoms. The van der Waals surface area contributed by atoms with E-state index in [0.29, 0.717) is 18.4 Å². The number of aromatic nitrogens is 3. The third kappa shape index (κ3) is 3.79. The molecule has 1 aliphatic rings. The Morgan fingerprint density at radius 3 is 2.68 bits per heavy atom. The highest BCUT2D eigenvalue weighted by molar-refractivity contribution is 7.99. The molecule has 1 aromatic carbocycles. The van der Waals surface area contributed by atoms with Gasteiger partial charge in [-0.15, -0.1) is 10.2 Å². The first-order valence-corrected chi connectivity index (χ1v) is 9.35. The van der Waals surface area contributed by atoms with E-state index in [-0.39, 0.29) is 4.90 Å². The van der Waals surface area contributed by atoms with Gasteiger partial charge in [-0.25, -0.2) is 13.6 Å². The zero-order chi connectivity index (χ0) is 15.6. The fourth-order valence-corrected chi connectivity index (χ4v) is 3.27. The summed E-state index contributed by atoms with van der Waals surface area (Å²) in [6, 6.07) is 6.61. The first-order valence-electron chi connectivity index (χ1n) is 6.82. The fraction of sp³-hybridized carbons (Fsp3) is 0.385. The lowest BCUT2D eigenvalue weighted by Crippen LogP contribution is -2.11. The van der Waals surface area contributed by atoms with Gasteiger partial charge < -0.3 is 9.30 Å². The van der Waals surface area contributed by atoms with E-state index >= 15 is 0 Å². The highest BCUT2D eigenvalue weighted by atomic mass is 32.2. The monoisotopic (exact) mass is 340 g/mol. The first kappa shape index (κ1) is 15.3. The Hall–Kier alpha value is -1.58. The van der Waals surface area contributed by atoms with Gasteiger partial charge in [0.2, 0.25) is 10.0 Å². The molecule has 1 aromatic heterocycles. The zero-order valence-electron chi connectivity index (χ0n) is 11.8. The van der Waals surface area contributed by atoms with Gasteiger partial charge in [-0.05, 0) is 37.1 Å². The quantitative estimate of drug-likeness (QED) is 0.604. The van der Waals surface area contributed by atoms with E-state index in [4.69, 9.17) is 9.88 Å². The van der Waals surface area contributed by atoms with E-state index in [1.165, 1.54) is 25.0 Å². The maximum absolute atomic E-state index is 11.1. The Kier molecular flexibility index (Phi) is 4.37. The van der Waals surface area contributed by atoms with Crippen LogP contribution in [0.15, 0.2) is 40.6 Å². The van der Waals surface area contributed by atoms with E-state index in [1.54, 1.807) is 30.2 Å². The lowest BCUT2D eigenvalue weighted by molar-refractivity contribution is 0.343. The van der Waals surface area contributed by atoms with Gasteiger partial charge >= 0.3 is 0 Å². The van der Waals surface area contributed by atoms with Crippen LogP contribution in [-0.2, 0) is 10.0 Å². The van der Waals surface area contributed by atoms with Gasteiger partial charge in [0.25, 0.3) is 0 Å². The predicted molar refractivity (Wildman–Crippen MR) is 82.3 cm³/mol. The van der Waals surface area contributed by atoms with Crippen LogP contribution in [0.2, 0.25) is 0 Å². The maximum atomic E-state index is 11.1. The van der Waals surface area contributed by atoms with Crippen LogP contribution in [0.25, 0.3) is 0 Å². The van der Waals surface area contributed by atoms with Crippen LogP contribution in [0, 0.1) is 0 Å². The van der Waals surface area contributed by atoms with Crippen LogP contribution in [0.4, 0.5) is 0 Å². The highest BCUT2D eigenvalue weighted by Gasteiger charge is 2.26. The van der Waals surface area contributed by atoms with Gasteiger partial charge in [0.05, 0.1) is 11.5 Å². The second kappa shape index (κ2) is 6.27. The van der Waals surface area contributed by atoms with Crippen molar-refractivity contribution in [2.75, 3.05) is 12.4 Å². The maximum Gasteiger partial charge on any atom is 0.238 e. The minimum Gasteiger partial charge on any atom is -0.493 e. The van der Waals surface area contributed by atoms with Crippen LogP contribution in [0.1, 0.15) is 18.9 Å². The summed E-state index contributed by atoms with van der Waals surface area (Å²) in [4.78, 5) is 0.0757. The Morgan fingerprint density at radius 2 is 2.05 bits per heavy atom. The van der Waals surface area contributed by atoms with Crippen molar-refractivity contribution in [1.82, 2.24) is 14.8 Å². The molecule has 0 aliphatic heterocycles. The minimum atomic E-state index is -3.66. The molecule has 118 valence electrons. The van der Waals surface area contributed by atoms with Crippen LogP contribution in [0.5, 0.6) is 5.75 Å². The lowest BCUT2D eigenvalue weighted by Gasteiger charge is -2.07. The van der Waals surface area contributed by atoms with Crippen molar-refractivity contribution in [3.8, 4) is 5.75 Å². The summed E-state index contributed by atoms with van der Waals surface area (Å²) < 4.78 is 30.0. The minimum absolute atomic E-state index is 0.0757. The summed E-state index contributed by atoms with van der Waals surface area (Å²) in [5.41, 5.74) is 0. The summed E-state index contributed by atoms with van der Waals surface area (Å²) in [5, 5.41) is 14.0. The third-order valence-corrected chi connectivity index (χ3v) is 5.07. The second-order valence-electron chi connectivity index (χ2n) is 4.97. The number of thioether (sulfide) groups is 1. The van der Waals surface area contributed by atoms with Gasteiger partial charge in [0.15, 0.2) is 5.16 Å². The summed E-state index contributed by atoms with van der Waals surface area (Å²) in [5.74, 6) is 1.35. The van der Waals surface area contributed by atoms with E-state index in [0.717, 1.165) is 10.9 Å². The first-order chi connectivity index (χ1) is 10.5. The number of primary sulfonamides is 1. The van der Waals surface area contributed by atoms with Crippen molar-refractivity contribution >= 4 is 21.8 Å². The van der Waals surface area contributed by atoms with E-state index in [9.17, 15) is 8.42 Å². The van der Waals surface area contributed by atoms with E-state index in [1.807, 2.05) is 0 Å². The average Bonchev–Trinajstić information content (AvgIpc) is 3.22. The van der Waals surface area contributed by atoms with Crippen molar-refractivity contribution < 1.29 is 13.2 Å². The Balaban J connectivity index is 1.48. The largest absolute Gasteiger partial charge is 0.493 e. The summed E-state index contributed by atoms with van der Waals surface area (Å²) in [7, 11) is -3.66. The molecule has 7 nitrogen and oxygen atoms in total. The number of hydrogen-bond acceptors (Lipinski definition) is 6. The van der Waals surface area contributed by atoms with Crippen molar-refractivity contribution in [2.24, 2.45) is 5.14 Å². The smallest absolute Gasteiger partial charge is 0.238 e. The van der Waals surface area contributed by atoms with E-state index < -0.39 is 10.0 Å². The number of ether oxygens (including phenoxy) is 1. The molecular formula is C13H16N4O3S2. The normalized spacial score (nSPS) is 15.0. The number of nitrogens with two attached hydrogens (primary N) is 1. The molecular weight excluding hydrogens is 324 g/mol. The molecule has 22 heavy (non-hydrogen) atoms. The second-order valence-corrected chi connectivity index (χ2v) is 7.59. The average molecular weight is 340 g/mol. The molecule has 0 atom stereocenters. The fourth-order valence-electron chi connectivity index (χ4n) is 1.96. The molecule has 0 radical (unpaired) electrons. The number of nitrogens with zero attached hydrogens (tertiary/aromatic N) is 3. The molecule has 1 heterocycles. The zero-order valence-corrected chi connectivity index (χ0v) is 13.4. The van der Waals surface area contributed by atoms with Crippen LogP contribution < -0.4 is 9.88 Å². The Labute approximate surface area is 132 Å². The Morgan fingerprint density at radius 1 is 1.32 bits per heavy atom. The molecule has 2 N–H and O–H groups in total. The Bertz CT molecular complexity index is 739. The van der Waals surface area contributed by atoms with Crippen LogP contribution in [0.3, 0.4) is 0 Å². The molecule has 0 amide bonds. The van der Waals surface area contributed by atoms with Gasteiger partial charge in [-0.2, -0.15) is 0 Å². The lowest BCUT2D eigenvalue weighted by atomic mass is 10.3. The molecule has 0 saturated heterocycles. The molecule has 0 bridgehead atoms. The number of sulfonamides is 1. The number of rotatable bonds is 7. The number of benzene rings is 1. The topological polar surface area (TPSA) is 100 Å².